The van der Waals surface area contributed by atoms with Crippen LogP contribution in [0.2, 0.25) is 5.02 Å². The van der Waals surface area contributed by atoms with Gasteiger partial charge in [0.25, 0.3) is 5.56 Å². The Morgan fingerprint density at radius 2 is 1.75 bits per heavy atom. The van der Waals surface area contributed by atoms with Gasteiger partial charge in [-0.1, -0.05) is 23.7 Å². The van der Waals surface area contributed by atoms with Gasteiger partial charge in [-0.3, -0.25) is 9.36 Å². The first kappa shape index (κ1) is 18.7. The summed E-state index contributed by atoms with van der Waals surface area (Å²) >= 11 is 7.59. The van der Waals surface area contributed by atoms with E-state index in [0.29, 0.717) is 29.2 Å². The minimum atomic E-state index is -0.0180. The Bertz CT molecular complexity index is 1210. The summed E-state index contributed by atoms with van der Waals surface area (Å²) in [5.74, 6) is 0.879. The Hall–Kier alpha value is -2.63. The van der Waals surface area contributed by atoms with Crippen LogP contribution < -0.4 is 5.56 Å². The van der Waals surface area contributed by atoms with Crippen molar-refractivity contribution in [2.75, 3.05) is 0 Å². The highest BCUT2D eigenvalue weighted by Crippen LogP contribution is 2.29. The topological polar surface area (TPSA) is 55.1 Å². The molecule has 0 radical (unpaired) electrons. The van der Waals surface area contributed by atoms with Gasteiger partial charge in [0, 0.05) is 22.0 Å². The highest BCUT2D eigenvalue weighted by molar-refractivity contribution is 7.18. The lowest BCUT2D eigenvalue weighted by Crippen LogP contribution is -2.24. The number of hydrogen-bond donors (Lipinski definition) is 1. The fourth-order valence-corrected chi connectivity index (χ4v) is 4.40. The second-order valence-corrected chi connectivity index (χ2v) is 8.42. The van der Waals surface area contributed by atoms with Crippen molar-refractivity contribution in [3.8, 4) is 17.1 Å². The average molecular weight is 411 g/mol. The molecule has 2 aromatic heterocycles. The standard InChI is InChI=1S/C22H19ClN2O2S/c1-13-14(2)28-21-19(13)22(27)25(12-11-15-3-9-18(26)10-4-15)20(24-21)16-5-7-17(23)8-6-16/h3-10,26H,11-12H2,1-2H3. The second-order valence-electron chi connectivity index (χ2n) is 6.78. The maximum atomic E-state index is 13.4. The first-order chi connectivity index (χ1) is 13.4. The van der Waals surface area contributed by atoms with E-state index in [1.165, 1.54) is 0 Å². The van der Waals surface area contributed by atoms with Crippen LogP contribution in [0.25, 0.3) is 21.6 Å². The lowest BCUT2D eigenvalue weighted by atomic mass is 10.1. The molecule has 2 heterocycles. The number of aromatic nitrogens is 2. The number of nitrogens with zero attached hydrogens (tertiary/aromatic N) is 2. The predicted molar refractivity (Wildman–Crippen MR) is 116 cm³/mol. The van der Waals surface area contributed by atoms with Crippen molar-refractivity contribution in [3.63, 3.8) is 0 Å². The SMILES string of the molecule is Cc1sc2nc(-c3ccc(Cl)cc3)n(CCc3ccc(O)cc3)c(=O)c2c1C. The summed E-state index contributed by atoms with van der Waals surface area (Å²) in [6.45, 7) is 4.49. The molecule has 0 unspecified atom stereocenters. The summed E-state index contributed by atoms with van der Waals surface area (Å²) in [4.78, 5) is 20.1. The van der Waals surface area contributed by atoms with Gasteiger partial charge in [-0.15, -0.1) is 11.3 Å². The molecule has 0 aliphatic carbocycles. The fourth-order valence-electron chi connectivity index (χ4n) is 3.26. The molecule has 28 heavy (non-hydrogen) atoms. The normalized spacial score (nSPS) is 11.2. The molecule has 4 nitrogen and oxygen atoms in total. The third kappa shape index (κ3) is 3.43. The Kier molecular flexibility index (Phi) is 4.96. The van der Waals surface area contributed by atoms with Crippen LogP contribution in [-0.2, 0) is 13.0 Å². The van der Waals surface area contributed by atoms with Crippen molar-refractivity contribution in [2.24, 2.45) is 0 Å². The fraction of sp³-hybridized carbons (Fsp3) is 0.182. The Morgan fingerprint density at radius 3 is 2.43 bits per heavy atom. The lowest BCUT2D eigenvalue weighted by molar-refractivity contribution is 0.475. The molecular formula is C22H19ClN2O2S. The van der Waals surface area contributed by atoms with Crippen LogP contribution >= 0.6 is 22.9 Å². The average Bonchev–Trinajstić information content (AvgIpc) is 2.97. The zero-order valence-corrected chi connectivity index (χ0v) is 17.1. The first-order valence-corrected chi connectivity index (χ1v) is 10.2. The van der Waals surface area contributed by atoms with Crippen LogP contribution in [0, 0.1) is 13.8 Å². The second kappa shape index (κ2) is 7.41. The van der Waals surface area contributed by atoms with Crippen LogP contribution in [0.3, 0.4) is 0 Å². The van der Waals surface area contributed by atoms with Gasteiger partial charge in [-0.2, -0.15) is 0 Å². The number of benzene rings is 2. The summed E-state index contributed by atoms with van der Waals surface area (Å²) < 4.78 is 1.75. The van der Waals surface area contributed by atoms with Gasteiger partial charge in [0.1, 0.15) is 16.4 Å². The number of aromatic hydroxyl groups is 1. The molecule has 142 valence electrons. The molecule has 2 aromatic carbocycles. The summed E-state index contributed by atoms with van der Waals surface area (Å²) in [5, 5.41) is 10.8. The van der Waals surface area contributed by atoms with Crippen LogP contribution in [0.15, 0.2) is 53.3 Å². The first-order valence-electron chi connectivity index (χ1n) is 8.98. The van der Waals surface area contributed by atoms with Gasteiger partial charge in [-0.05, 0) is 67.8 Å². The Labute approximate surface area is 171 Å². The molecule has 6 heteroatoms. The van der Waals surface area contributed by atoms with Gasteiger partial charge in [0.15, 0.2) is 0 Å². The molecule has 1 N–H and O–H groups in total. The lowest BCUT2D eigenvalue weighted by Gasteiger charge is -2.13. The molecule has 0 atom stereocenters. The molecule has 0 fully saturated rings. The zero-order chi connectivity index (χ0) is 19.8. The summed E-state index contributed by atoms with van der Waals surface area (Å²) in [6.07, 6.45) is 0.663. The van der Waals surface area contributed by atoms with Crippen molar-refractivity contribution in [2.45, 2.75) is 26.8 Å². The third-order valence-corrected chi connectivity index (χ3v) is 6.30. The highest BCUT2D eigenvalue weighted by atomic mass is 35.5. The molecular weight excluding hydrogens is 392 g/mol. The summed E-state index contributed by atoms with van der Waals surface area (Å²) in [7, 11) is 0. The van der Waals surface area contributed by atoms with Crippen LogP contribution in [0.4, 0.5) is 0 Å². The molecule has 0 amide bonds. The predicted octanol–water partition coefficient (Wildman–Crippen LogP) is 5.34. The number of phenols is 1. The molecule has 0 saturated carbocycles. The van der Waals surface area contributed by atoms with E-state index in [9.17, 15) is 9.90 Å². The van der Waals surface area contributed by atoms with Crippen LogP contribution in [0.5, 0.6) is 5.75 Å². The molecule has 4 rings (SSSR count). The smallest absolute Gasteiger partial charge is 0.262 e. The van der Waals surface area contributed by atoms with Crippen molar-refractivity contribution < 1.29 is 5.11 Å². The number of aryl methyl sites for hydroxylation is 3. The molecule has 4 aromatic rings. The maximum absolute atomic E-state index is 13.4. The molecule has 0 aliphatic heterocycles. The van der Waals surface area contributed by atoms with E-state index >= 15 is 0 Å². The van der Waals surface area contributed by atoms with Crippen LogP contribution in [0.1, 0.15) is 16.0 Å². The molecule has 0 saturated heterocycles. The van der Waals surface area contributed by atoms with E-state index in [-0.39, 0.29) is 11.3 Å². The molecule has 0 bridgehead atoms. The Balaban J connectivity index is 1.85. The summed E-state index contributed by atoms with van der Waals surface area (Å²) in [6, 6.07) is 14.5. The number of rotatable bonds is 4. The number of phenolic OH excluding ortho intramolecular Hbond substituents is 1. The molecule has 0 spiro atoms. The Morgan fingerprint density at radius 1 is 1.07 bits per heavy atom. The van der Waals surface area contributed by atoms with Gasteiger partial charge < -0.3 is 5.11 Å². The van der Waals surface area contributed by atoms with Crippen molar-refractivity contribution in [3.05, 3.63) is 79.9 Å². The number of hydrogen-bond acceptors (Lipinski definition) is 4. The van der Waals surface area contributed by atoms with Crippen molar-refractivity contribution in [1.29, 1.82) is 0 Å². The van der Waals surface area contributed by atoms with E-state index in [0.717, 1.165) is 26.4 Å². The maximum Gasteiger partial charge on any atom is 0.262 e. The van der Waals surface area contributed by atoms with Gasteiger partial charge in [0.05, 0.1) is 5.39 Å². The van der Waals surface area contributed by atoms with E-state index in [1.807, 2.05) is 50.2 Å². The van der Waals surface area contributed by atoms with Crippen molar-refractivity contribution in [1.82, 2.24) is 9.55 Å². The monoisotopic (exact) mass is 410 g/mol. The number of halogens is 1. The van der Waals surface area contributed by atoms with E-state index < -0.39 is 0 Å². The summed E-state index contributed by atoms with van der Waals surface area (Å²) in [5.41, 5.74) is 2.89. The van der Waals surface area contributed by atoms with E-state index in [2.05, 4.69) is 0 Å². The van der Waals surface area contributed by atoms with Gasteiger partial charge in [0.2, 0.25) is 0 Å². The zero-order valence-electron chi connectivity index (χ0n) is 15.6. The third-order valence-electron chi connectivity index (χ3n) is 4.95. The quantitative estimate of drug-likeness (QED) is 0.493. The molecule has 0 aliphatic rings. The minimum absolute atomic E-state index is 0.0180. The van der Waals surface area contributed by atoms with E-state index in [1.54, 1.807) is 28.0 Å². The minimum Gasteiger partial charge on any atom is -0.508 e. The van der Waals surface area contributed by atoms with E-state index in [4.69, 9.17) is 16.6 Å². The van der Waals surface area contributed by atoms with Gasteiger partial charge in [-0.25, -0.2) is 4.98 Å². The van der Waals surface area contributed by atoms with Crippen molar-refractivity contribution >= 4 is 33.2 Å². The van der Waals surface area contributed by atoms with Gasteiger partial charge >= 0.3 is 0 Å². The highest BCUT2D eigenvalue weighted by Gasteiger charge is 2.17. The van der Waals surface area contributed by atoms with Crippen LogP contribution in [-0.4, -0.2) is 14.7 Å². The number of fused-ring (bicyclic) bond motifs is 1. The number of thiophene rings is 1. The largest absolute Gasteiger partial charge is 0.508 e.